The number of ether oxygens (including phenoxy) is 1. The summed E-state index contributed by atoms with van der Waals surface area (Å²) in [5.74, 6) is 2.49. The molecule has 0 saturated carbocycles. The number of thioether (sulfide) groups is 2. The van der Waals surface area contributed by atoms with E-state index in [2.05, 4.69) is 6.92 Å². The number of Topliss-reactive ketones (excluding diaryl/α,β-unsaturated/α-hetero) is 1. The van der Waals surface area contributed by atoms with Crippen LogP contribution in [0.15, 0.2) is 24.3 Å². The Morgan fingerprint density at radius 3 is 2.25 bits per heavy atom. The van der Waals surface area contributed by atoms with Crippen molar-refractivity contribution in [3.63, 3.8) is 0 Å². The zero-order valence-electron chi connectivity index (χ0n) is 15.1. The number of anilines is 1. The molecule has 0 aromatic heterocycles. The van der Waals surface area contributed by atoms with E-state index in [0.717, 1.165) is 22.9 Å². The lowest BCUT2D eigenvalue weighted by Crippen LogP contribution is -2.46. The predicted molar refractivity (Wildman–Crippen MR) is 106 cm³/mol. The Morgan fingerprint density at radius 2 is 1.79 bits per heavy atom. The fourth-order valence-electron chi connectivity index (χ4n) is 2.52. The highest BCUT2D eigenvalue weighted by atomic mass is 32.2. The van der Waals surface area contributed by atoms with E-state index in [1.165, 1.54) is 11.8 Å². The second-order valence-electron chi connectivity index (χ2n) is 5.41. The molecule has 0 fully saturated rings. The standard InChI is InChI=1S/C18H27NO3S2/c1-6-23-16(12-13(3)20)17(18(21)24-7-2)19(4)14-8-10-15(22-5)11-9-14/h8-11,16-17H,6-7,12H2,1-5H3/t16-,17+/m0/s1. The minimum Gasteiger partial charge on any atom is -0.497 e. The van der Waals surface area contributed by atoms with Gasteiger partial charge in [0, 0.05) is 24.4 Å². The summed E-state index contributed by atoms with van der Waals surface area (Å²) in [4.78, 5) is 26.4. The van der Waals surface area contributed by atoms with Crippen molar-refractivity contribution in [1.82, 2.24) is 0 Å². The van der Waals surface area contributed by atoms with Crippen LogP contribution in [-0.4, -0.2) is 47.9 Å². The molecular formula is C18H27NO3S2. The first-order valence-electron chi connectivity index (χ1n) is 8.09. The second kappa shape index (κ2) is 10.7. The van der Waals surface area contributed by atoms with E-state index in [0.29, 0.717) is 6.42 Å². The van der Waals surface area contributed by atoms with Gasteiger partial charge in [-0.2, -0.15) is 11.8 Å². The lowest BCUT2D eigenvalue weighted by molar-refractivity contribution is -0.117. The number of hydrogen-bond donors (Lipinski definition) is 0. The normalized spacial score (nSPS) is 13.2. The van der Waals surface area contributed by atoms with Crippen LogP contribution in [0.25, 0.3) is 0 Å². The number of rotatable bonds is 10. The maximum atomic E-state index is 12.8. The van der Waals surface area contributed by atoms with Gasteiger partial charge in [0.15, 0.2) is 0 Å². The molecule has 0 N–H and O–H groups in total. The van der Waals surface area contributed by atoms with Gasteiger partial charge in [-0.1, -0.05) is 25.6 Å². The molecule has 0 unspecified atom stereocenters. The third-order valence-electron chi connectivity index (χ3n) is 3.65. The van der Waals surface area contributed by atoms with Gasteiger partial charge in [0.05, 0.1) is 7.11 Å². The molecule has 0 spiro atoms. The third kappa shape index (κ3) is 6.06. The van der Waals surface area contributed by atoms with E-state index in [4.69, 9.17) is 4.74 Å². The molecule has 0 heterocycles. The minimum atomic E-state index is -0.336. The second-order valence-corrected chi connectivity index (χ2v) is 8.19. The van der Waals surface area contributed by atoms with Crippen molar-refractivity contribution in [2.45, 2.75) is 38.5 Å². The topological polar surface area (TPSA) is 46.6 Å². The lowest BCUT2D eigenvalue weighted by atomic mass is 10.1. The molecule has 0 aliphatic heterocycles. The average Bonchev–Trinajstić information content (AvgIpc) is 2.55. The number of nitrogens with zero attached hydrogens (tertiary/aromatic N) is 1. The molecule has 0 amide bonds. The lowest BCUT2D eigenvalue weighted by Gasteiger charge is -2.34. The van der Waals surface area contributed by atoms with E-state index < -0.39 is 0 Å². The Labute approximate surface area is 153 Å². The van der Waals surface area contributed by atoms with Crippen LogP contribution in [0.3, 0.4) is 0 Å². The number of ketones is 1. The summed E-state index contributed by atoms with van der Waals surface area (Å²) in [6, 6.07) is 7.31. The Morgan fingerprint density at radius 1 is 1.17 bits per heavy atom. The van der Waals surface area contributed by atoms with Crippen LogP contribution in [0.1, 0.15) is 27.2 Å². The quantitative estimate of drug-likeness (QED) is 0.624. The fraction of sp³-hybridized carbons (Fsp3) is 0.556. The van der Waals surface area contributed by atoms with Crippen molar-refractivity contribution in [1.29, 1.82) is 0 Å². The summed E-state index contributed by atoms with van der Waals surface area (Å²) in [5, 5.41) is 0.0640. The van der Waals surface area contributed by atoms with E-state index >= 15 is 0 Å². The first-order valence-corrected chi connectivity index (χ1v) is 10.1. The summed E-state index contributed by atoms with van der Waals surface area (Å²) >= 11 is 3.00. The van der Waals surface area contributed by atoms with Gasteiger partial charge in [-0.25, -0.2) is 0 Å². The van der Waals surface area contributed by atoms with Crippen LogP contribution in [0.5, 0.6) is 5.75 Å². The van der Waals surface area contributed by atoms with Crippen LogP contribution in [0, 0.1) is 0 Å². The van der Waals surface area contributed by atoms with Gasteiger partial charge in [0.25, 0.3) is 0 Å². The molecule has 1 aromatic carbocycles. The number of hydrogen-bond acceptors (Lipinski definition) is 6. The summed E-state index contributed by atoms with van der Waals surface area (Å²) in [6.45, 7) is 5.62. The van der Waals surface area contributed by atoms with Crippen molar-refractivity contribution in [3.05, 3.63) is 24.3 Å². The van der Waals surface area contributed by atoms with E-state index in [1.54, 1.807) is 25.8 Å². The third-order valence-corrected chi connectivity index (χ3v) is 5.65. The molecule has 134 valence electrons. The van der Waals surface area contributed by atoms with Gasteiger partial charge in [0.2, 0.25) is 5.12 Å². The molecule has 4 nitrogen and oxygen atoms in total. The van der Waals surface area contributed by atoms with Crippen molar-refractivity contribution < 1.29 is 14.3 Å². The maximum Gasteiger partial charge on any atom is 0.212 e. The molecule has 0 aliphatic rings. The highest BCUT2D eigenvalue weighted by Gasteiger charge is 2.33. The SMILES string of the molecule is CCSC(=O)[C@@H]([C@H](CC(C)=O)SCC)N(C)c1ccc(OC)cc1. The van der Waals surface area contributed by atoms with Crippen LogP contribution in [-0.2, 0) is 9.59 Å². The highest BCUT2D eigenvalue weighted by molar-refractivity contribution is 8.13. The fourth-order valence-corrected chi connectivity index (χ4v) is 4.66. The monoisotopic (exact) mass is 369 g/mol. The van der Waals surface area contributed by atoms with Gasteiger partial charge in [-0.05, 0) is 42.7 Å². The zero-order chi connectivity index (χ0) is 18.1. The van der Waals surface area contributed by atoms with E-state index in [-0.39, 0.29) is 22.2 Å². The number of carbonyl (C=O) groups is 2. The molecule has 2 atom stereocenters. The average molecular weight is 370 g/mol. The van der Waals surface area contributed by atoms with Crippen molar-refractivity contribution in [3.8, 4) is 5.75 Å². The van der Waals surface area contributed by atoms with Gasteiger partial charge >= 0.3 is 0 Å². The van der Waals surface area contributed by atoms with Crippen LogP contribution in [0.2, 0.25) is 0 Å². The van der Waals surface area contributed by atoms with Crippen molar-refractivity contribution >= 4 is 40.1 Å². The van der Waals surface area contributed by atoms with Crippen molar-refractivity contribution in [2.75, 3.05) is 30.6 Å². The molecule has 0 saturated heterocycles. The minimum absolute atomic E-state index is 0.0499. The van der Waals surface area contributed by atoms with Gasteiger partial charge in [-0.3, -0.25) is 9.59 Å². The summed E-state index contributed by atoms with van der Waals surface area (Å²) < 4.78 is 5.20. The zero-order valence-corrected chi connectivity index (χ0v) is 16.7. The number of methoxy groups -OCH3 is 1. The van der Waals surface area contributed by atoms with Crippen LogP contribution in [0.4, 0.5) is 5.69 Å². The summed E-state index contributed by atoms with van der Waals surface area (Å²) in [6.07, 6.45) is 0.402. The highest BCUT2D eigenvalue weighted by Crippen LogP contribution is 2.30. The Bertz CT molecular complexity index is 534. The van der Waals surface area contributed by atoms with Crippen LogP contribution >= 0.6 is 23.5 Å². The van der Waals surface area contributed by atoms with E-state index in [1.807, 2.05) is 43.1 Å². The summed E-state index contributed by atoms with van der Waals surface area (Å²) in [5.41, 5.74) is 0.941. The first kappa shape index (κ1) is 20.9. The molecule has 24 heavy (non-hydrogen) atoms. The van der Waals surface area contributed by atoms with Gasteiger partial charge < -0.3 is 9.64 Å². The largest absolute Gasteiger partial charge is 0.497 e. The van der Waals surface area contributed by atoms with Crippen LogP contribution < -0.4 is 9.64 Å². The number of carbonyl (C=O) groups excluding carboxylic acids is 2. The van der Waals surface area contributed by atoms with Crippen molar-refractivity contribution in [2.24, 2.45) is 0 Å². The Balaban J connectivity index is 3.12. The summed E-state index contributed by atoms with van der Waals surface area (Å²) in [7, 11) is 3.55. The predicted octanol–water partition coefficient (Wildman–Crippen LogP) is 3.88. The Kier molecular flexibility index (Phi) is 9.29. The Hall–Kier alpha value is -1.14. The maximum absolute atomic E-state index is 12.8. The van der Waals surface area contributed by atoms with Gasteiger partial charge in [-0.15, -0.1) is 0 Å². The molecule has 1 aromatic rings. The van der Waals surface area contributed by atoms with Gasteiger partial charge in [0.1, 0.15) is 17.6 Å². The smallest absolute Gasteiger partial charge is 0.212 e. The molecule has 6 heteroatoms. The molecule has 1 rings (SSSR count). The number of benzene rings is 1. The molecule has 0 aliphatic carbocycles. The molecule has 0 bridgehead atoms. The molecule has 0 radical (unpaired) electrons. The van der Waals surface area contributed by atoms with E-state index in [9.17, 15) is 9.59 Å². The first-order chi connectivity index (χ1) is 11.4. The molecular weight excluding hydrogens is 342 g/mol. The number of likely N-dealkylation sites (N-methyl/N-ethyl adjacent to an activating group) is 1.